The van der Waals surface area contributed by atoms with Crippen LogP contribution in [0.15, 0.2) is 11.5 Å². The quantitative estimate of drug-likeness (QED) is 0.402. The van der Waals surface area contributed by atoms with Crippen molar-refractivity contribution in [1.29, 1.82) is 0 Å². The zero-order chi connectivity index (χ0) is 11.7. The van der Waals surface area contributed by atoms with Gasteiger partial charge in [-0.1, -0.05) is 0 Å². The molecule has 1 rings (SSSR count). The van der Waals surface area contributed by atoms with Crippen LogP contribution in [0.3, 0.4) is 0 Å². The molecule has 1 aliphatic rings. The van der Waals surface area contributed by atoms with Crippen molar-refractivity contribution in [2.45, 2.75) is 18.6 Å². The van der Waals surface area contributed by atoms with E-state index in [0.29, 0.717) is 0 Å². The predicted octanol–water partition coefficient (Wildman–Crippen LogP) is -0.461. The van der Waals surface area contributed by atoms with Gasteiger partial charge in [0.25, 0.3) is 0 Å². The maximum atomic E-state index is 10.5. The molecule has 15 heavy (non-hydrogen) atoms. The first-order valence-corrected chi connectivity index (χ1v) is 3.90. The van der Waals surface area contributed by atoms with Crippen molar-refractivity contribution >= 4 is 12.2 Å². The third-order valence-electron chi connectivity index (χ3n) is 2.00. The molecule has 84 valence electrons. The second-order valence-electron chi connectivity index (χ2n) is 2.95. The van der Waals surface area contributed by atoms with Gasteiger partial charge < -0.3 is 25.5 Å². The third kappa shape index (κ3) is 1.85. The Balaban J connectivity index is 3.06. The smallest absolute Gasteiger partial charge is 0.421 e. The van der Waals surface area contributed by atoms with E-state index >= 15 is 0 Å². The zero-order valence-electron chi connectivity index (χ0n) is 7.36. The number of hydrogen-bond acceptors (Lipinski definition) is 5. The molecule has 1 aliphatic carbocycles. The number of amides is 2. The van der Waals surface area contributed by atoms with Gasteiger partial charge in [0.1, 0.15) is 11.9 Å². The standard InChI is InChI=1S/C7H9NO7/c9-3-1-2(4(10)5(3)11)8(6(12)13)7(14)15/h3,5,9-11H,1H2,(H,12,13)(H,14,15)/t3-,5+/m1/s1. The number of hydrogen-bond donors (Lipinski definition) is 5. The summed E-state index contributed by atoms with van der Waals surface area (Å²) in [4.78, 5) is 20.9. The SMILES string of the molecule is O=C(O)N(C(=O)O)C1=C(O)[C@@H](O)[C@H](O)C1. The summed E-state index contributed by atoms with van der Waals surface area (Å²) in [5.41, 5.74) is -0.532. The largest absolute Gasteiger partial charge is 0.508 e. The molecule has 0 aliphatic heterocycles. The van der Waals surface area contributed by atoms with E-state index in [1.165, 1.54) is 0 Å². The van der Waals surface area contributed by atoms with Crippen molar-refractivity contribution in [1.82, 2.24) is 4.90 Å². The number of aliphatic hydroxyl groups excluding tert-OH is 3. The highest BCUT2D eigenvalue weighted by Crippen LogP contribution is 2.28. The first-order valence-electron chi connectivity index (χ1n) is 3.90. The Morgan fingerprint density at radius 1 is 1.20 bits per heavy atom. The summed E-state index contributed by atoms with van der Waals surface area (Å²) in [5.74, 6) is -0.840. The molecule has 8 nitrogen and oxygen atoms in total. The first-order chi connectivity index (χ1) is 6.86. The van der Waals surface area contributed by atoms with Crippen molar-refractivity contribution in [3.8, 4) is 0 Å². The highest BCUT2D eigenvalue weighted by Gasteiger charge is 2.39. The molecule has 0 aromatic carbocycles. The number of carbonyl (C=O) groups is 2. The van der Waals surface area contributed by atoms with Crippen LogP contribution < -0.4 is 0 Å². The van der Waals surface area contributed by atoms with E-state index < -0.39 is 42.3 Å². The molecule has 0 saturated heterocycles. The van der Waals surface area contributed by atoms with Gasteiger partial charge in [-0.3, -0.25) is 0 Å². The van der Waals surface area contributed by atoms with Gasteiger partial charge in [0.2, 0.25) is 0 Å². The lowest BCUT2D eigenvalue weighted by Gasteiger charge is -2.14. The van der Waals surface area contributed by atoms with Crippen LogP contribution in [0.5, 0.6) is 0 Å². The molecule has 0 radical (unpaired) electrons. The maximum absolute atomic E-state index is 10.5. The van der Waals surface area contributed by atoms with Crippen molar-refractivity contribution < 1.29 is 35.1 Å². The highest BCUT2D eigenvalue weighted by molar-refractivity contribution is 5.88. The summed E-state index contributed by atoms with van der Waals surface area (Å²) in [7, 11) is 0. The molecule has 0 fully saturated rings. The molecule has 2 amide bonds. The molecule has 0 heterocycles. The minimum Gasteiger partial charge on any atom is -0.508 e. The number of nitrogens with zero attached hydrogens (tertiary/aromatic N) is 1. The van der Waals surface area contributed by atoms with Crippen LogP contribution >= 0.6 is 0 Å². The van der Waals surface area contributed by atoms with Crippen molar-refractivity contribution in [2.24, 2.45) is 0 Å². The van der Waals surface area contributed by atoms with Gasteiger partial charge in [-0.2, -0.15) is 4.90 Å². The summed E-state index contributed by atoms with van der Waals surface area (Å²) < 4.78 is 0. The van der Waals surface area contributed by atoms with Crippen molar-refractivity contribution in [3.63, 3.8) is 0 Å². The summed E-state index contributed by atoms with van der Waals surface area (Å²) in [5, 5.41) is 44.4. The van der Waals surface area contributed by atoms with Crippen LogP contribution in [0, 0.1) is 0 Å². The van der Waals surface area contributed by atoms with E-state index in [-0.39, 0.29) is 4.90 Å². The van der Waals surface area contributed by atoms with E-state index in [4.69, 9.17) is 20.4 Å². The molecule has 0 saturated carbocycles. The number of aliphatic hydroxyl groups is 3. The van der Waals surface area contributed by atoms with Crippen LogP contribution in [0.2, 0.25) is 0 Å². The van der Waals surface area contributed by atoms with Gasteiger partial charge in [-0.25, -0.2) is 9.59 Å². The zero-order valence-corrected chi connectivity index (χ0v) is 7.36. The second kappa shape index (κ2) is 3.75. The minimum absolute atomic E-state index is 0.144. The molecule has 0 aromatic heterocycles. The Kier molecular flexibility index (Phi) is 2.82. The average molecular weight is 219 g/mol. The molecular formula is C7H9NO7. The molecule has 5 N–H and O–H groups in total. The minimum atomic E-state index is -1.81. The highest BCUT2D eigenvalue weighted by atomic mass is 16.4. The second-order valence-corrected chi connectivity index (χ2v) is 2.95. The topological polar surface area (TPSA) is 139 Å². The lowest BCUT2D eigenvalue weighted by molar-refractivity contribution is 0.0348. The van der Waals surface area contributed by atoms with Crippen LogP contribution in [-0.4, -0.2) is 54.8 Å². The lowest BCUT2D eigenvalue weighted by Crippen LogP contribution is -2.34. The average Bonchev–Trinajstić information content (AvgIpc) is 2.33. The van der Waals surface area contributed by atoms with Gasteiger partial charge in [-0.15, -0.1) is 0 Å². The Hall–Kier alpha value is -1.80. The molecule has 0 spiro atoms. The van der Waals surface area contributed by atoms with Gasteiger partial charge >= 0.3 is 12.2 Å². The monoisotopic (exact) mass is 219 g/mol. The fraction of sp³-hybridized carbons (Fsp3) is 0.429. The van der Waals surface area contributed by atoms with Gasteiger partial charge in [0.05, 0.1) is 11.8 Å². The fourth-order valence-electron chi connectivity index (χ4n) is 1.29. The number of imide groups is 1. The van der Waals surface area contributed by atoms with Gasteiger partial charge in [-0.05, 0) is 0 Å². The fourth-order valence-corrected chi connectivity index (χ4v) is 1.29. The van der Waals surface area contributed by atoms with Crippen molar-refractivity contribution in [2.75, 3.05) is 0 Å². The van der Waals surface area contributed by atoms with E-state index in [2.05, 4.69) is 0 Å². The van der Waals surface area contributed by atoms with E-state index in [1.54, 1.807) is 0 Å². The molecular weight excluding hydrogens is 210 g/mol. The van der Waals surface area contributed by atoms with E-state index in [1.807, 2.05) is 0 Å². The molecule has 0 unspecified atom stereocenters. The Morgan fingerprint density at radius 2 is 1.67 bits per heavy atom. The van der Waals surface area contributed by atoms with E-state index in [0.717, 1.165) is 0 Å². The van der Waals surface area contributed by atoms with Gasteiger partial charge in [0.15, 0.2) is 0 Å². The predicted molar refractivity (Wildman–Crippen MR) is 44.2 cm³/mol. The molecule has 0 aromatic rings. The van der Waals surface area contributed by atoms with Crippen LogP contribution in [0.25, 0.3) is 0 Å². The van der Waals surface area contributed by atoms with Gasteiger partial charge in [0, 0.05) is 6.42 Å². The van der Waals surface area contributed by atoms with Crippen LogP contribution in [-0.2, 0) is 0 Å². The van der Waals surface area contributed by atoms with Crippen LogP contribution in [0.1, 0.15) is 6.42 Å². The summed E-state index contributed by atoms with van der Waals surface area (Å²) in [6.45, 7) is 0. The number of rotatable bonds is 1. The first kappa shape index (κ1) is 11.3. The summed E-state index contributed by atoms with van der Waals surface area (Å²) in [6, 6.07) is 0. The normalized spacial score (nSPS) is 25.5. The summed E-state index contributed by atoms with van der Waals surface area (Å²) in [6.07, 6.45) is -7.12. The Bertz CT molecular complexity index is 322. The van der Waals surface area contributed by atoms with Crippen molar-refractivity contribution in [3.05, 3.63) is 11.5 Å². The Labute approximate surface area is 83.3 Å². The number of carboxylic acid groups (broad SMARTS) is 2. The molecule has 8 heteroatoms. The Morgan fingerprint density at radius 3 is 1.93 bits per heavy atom. The third-order valence-corrected chi connectivity index (χ3v) is 2.00. The molecule has 0 bridgehead atoms. The van der Waals surface area contributed by atoms with Crippen LogP contribution in [0.4, 0.5) is 9.59 Å². The summed E-state index contributed by atoms with van der Waals surface area (Å²) >= 11 is 0. The maximum Gasteiger partial charge on any atom is 0.421 e. The molecule has 2 atom stereocenters. The van der Waals surface area contributed by atoms with E-state index in [9.17, 15) is 14.7 Å². The lowest BCUT2D eigenvalue weighted by atomic mass is 10.2.